The Balaban J connectivity index is 1.84. The van der Waals surface area contributed by atoms with Gasteiger partial charge in [0.15, 0.2) is 0 Å². The molecular weight excluding hydrogens is 688 g/mol. The number of carboxylic acid groups (broad SMARTS) is 1. The van der Waals surface area contributed by atoms with E-state index in [-0.39, 0.29) is 43.6 Å². The van der Waals surface area contributed by atoms with Crippen LogP contribution in [-0.4, -0.2) is 68.7 Å². The first-order chi connectivity index (χ1) is 25.8. The molecule has 2 aliphatic rings. The molecule has 5 heterocycles. The van der Waals surface area contributed by atoms with Gasteiger partial charge in [-0.05, 0) is 143 Å². The molecule has 3 N–H and O–H groups in total. The average molecular weight is 739 g/mol. The van der Waals surface area contributed by atoms with Crippen LogP contribution in [-0.2, 0) is 46.2 Å². The molecule has 2 aliphatic heterocycles. The summed E-state index contributed by atoms with van der Waals surface area (Å²) in [6, 6.07) is 7.85. The minimum atomic E-state index is -0.896. The van der Waals surface area contributed by atoms with E-state index < -0.39 is 5.97 Å². The highest BCUT2D eigenvalue weighted by Crippen LogP contribution is 2.38. The Labute approximate surface area is 315 Å². The Morgan fingerprint density at radius 3 is 1.41 bits per heavy atom. The van der Waals surface area contributed by atoms with Gasteiger partial charge in [0, 0.05) is 47.8 Å². The van der Waals surface area contributed by atoms with Gasteiger partial charge in [-0.1, -0.05) is 0 Å². The minimum Gasteiger partial charge on any atom is -0.481 e. The molecule has 0 atom stereocenters. The molecule has 8 bridgehead atoms. The van der Waals surface area contributed by atoms with Gasteiger partial charge in [0.05, 0.1) is 42.6 Å². The third kappa shape index (κ3) is 8.98. The summed E-state index contributed by atoms with van der Waals surface area (Å²) < 4.78 is 15.7. The number of aromatic nitrogens is 4. The molecule has 54 heavy (non-hydrogen) atoms. The number of aliphatic carboxylic acids is 1. The van der Waals surface area contributed by atoms with Crippen molar-refractivity contribution in [3.8, 4) is 0 Å². The van der Waals surface area contributed by atoms with Gasteiger partial charge in [0.1, 0.15) is 0 Å². The molecule has 12 heteroatoms. The molecule has 5 rings (SSSR count). The number of hydrogen-bond donors (Lipinski definition) is 3. The normalized spacial score (nSPS) is 12.6. The largest absolute Gasteiger partial charge is 0.481 e. The predicted octanol–water partition coefficient (Wildman–Crippen LogP) is 7.99. The quantitative estimate of drug-likeness (QED) is 0.102. The zero-order chi connectivity index (χ0) is 39.1. The second-order valence-corrected chi connectivity index (χ2v) is 13.5. The maximum absolute atomic E-state index is 12.5. The number of H-pyrrole nitrogens is 2. The Morgan fingerprint density at radius 2 is 0.926 bits per heavy atom. The van der Waals surface area contributed by atoms with E-state index in [2.05, 4.69) is 9.97 Å². The number of carboxylic acids is 1. The third-order valence-electron chi connectivity index (χ3n) is 10.0. The molecule has 286 valence electrons. The van der Waals surface area contributed by atoms with Crippen LogP contribution in [0.2, 0.25) is 0 Å². The average Bonchev–Trinajstić information content (AvgIpc) is 3.78. The van der Waals surface area contributed by atoms with E-state index >= 15 is 0 Å². The number of nitrogens with zero attached hydrogens (tertiary/aromatic N) is 2. The molecule has 3 aromatic rings. The van der Waals surface area contributed by atoms with Crippen LogP contribution in [0.1, 0.15) is 118 Å². The zero-order valence-electron chi connectivity index (χ0n) is 32.3. The summed E-state index contributed by atoms with van der Waals surface area (Å²) in [5.41, 5.74) is 13.1. The lowest BCUT2D eigenvalue weighted by atomic mass is 9.98. The SMILES string of the molecule is CCOC(=O)CCC1=C(C)c2cc3[nH]c(cc4[nH]c(cc5nc(cc1n2)C(C)=C5CCC(=O)OCC)c(C)c4CCC(=O)O)c(C)c3CCC(=O)OCC. The zero-order valence-corrected chi connectivity index (χ0v) is 32.3. The van der Waals surface area contributed by atoms with Crippen molar-refractivity contribution < 1.29 is 38.5 Å². The van der Waals surface area contributed by atoms with Crippen molar-refractivity contribution >= 4 is 68.2 Å². The third-order valence-corrected chi connectivity index (χ3v) is 10.0. The van der Waals surface area contributed by atoms with Crippen LogP contribution in [0.3, 0.4) is 0 Å². The first-order valence-corrected chi connectivity index (χ1v) is 18.7. The molecule has 0 spiro atoms. The number of hydrogen-bond acceptors (Lipinski definition) is 9. The monoisotopic (exact) mass is 738 g/mol. The van der Waals surface area contributed by atoms with Gasteiger partial charge in [-0.2, -0.15) is 0 Å². The number of esters is 3. The van der Waals surface area contributed by atoms with Crippen molar-refractivity contribution in [1.82, 2.24) is 19.9 Å². The molecule has 0 aromatic carbocycles. The highest BCUT2D eigenvalue weighted by Gasteiger charge is 2.23. The number of carbonyl (C=O) groups is 4. The van der Waals surface area contributed by atoms with Crippen LogP contribution in [0.15, 0.2) is 24.3 Å². The summed E-state index contributed by atoms with van der Waals surface area (Å²) in [6.45, 7) is 14.1. The fourth-order valence-corrected chi connectivity index (χ4v) is 7.10. The van der Waals surface area contributed by atoms with Gasteiger partial charge < -0.3 is 29.3 Å². The Bertz CT molecular complexity index is 2200. The fourth-order valence-electron chi connectivity index (χ4n) is 7.10. The van der Waals surface area contributed by atoms with Gasteiger partial charge >= 0.3 is 23.9 Å². The summed E-state index contributed by atoms with van der Waals surface area (Å²) in [5, 5.41) is 9.63. The van der Waals surface area contributed by atoms with E-state index in [1.807, 2.05) is 52.0 Å². The molecule has 0 amide bonds. The van der Waals surface area contributed by atoms with Gasteiger partial charge in [0.25, 0.3) is 0 Å². The molecule has 0 aliphatic carbocycles. The topological polar surface area (TPSA) is 174 Å². The lowest BCUT2D eigenvalue weighted by Gasteiger charge is -2.06. The fraction of sp³-hybridized carbons (Fsp3) is 0.429. The van der Waals surface area contributed by atoms with Gasteiger partial charge in [-0.3, -0.25) is 19.2 Å². The molecular formula is C42H50N4O8. The van der Waals surface area contributed by atoms with Gasteiger partial charge in [0.2, 0.25) is 0 Å². The second kappa shape index (κ2) is 17.5. The summed E-state index contributed by atoms with van der Waals surface area (Å²) in [4.78, 5) is 66.6. The van der Waals surface area contributed by atoms with E-state index in [1.165, 1.54) is 0 Å². The molecule has 0 saturated heterocycles. The lowest BCUT2D eigenvalue weighted by Crippen LogP contribution is -2.05. The van der Waals surface area contributed by atoms with Crippen LogP contribution in [0, 0.1) is 13.8 Å². The molecule has 0 radical (unpaired) electrons. The molecule has 0 fully saturated rings. The number of allylic oxidation sites excluding steroid dienone is 4. The maximum Gasteiger partial charge on any atom is 0.306 e. The van der Waals surface area contributed by atoms with Crippen molar-refractivity contribution in [1.29, 1.82) is 0 Å². The summed E-state index contributed by atoms with van der Waals surface area (Å²) >= 11 is 0. The molecule has 12 nitrogen and oxygen atoms in total. The standard InChI is InChI=1S/C42H50N4O8/c1-8-52-40(49)16-12-28-24(5)32-19-35-27(11-15-39(47)48)23(4)31(43-35)20-36-29(13-17-41(50)53-9-2)25(6)33(45-36)22-38-30(14-18-42(51)54-10-3)26(7)34(46-38)21-37(28)44-32/h19-22,43-44H,8-18H2,1-7H3,(H,47,48). The number of aromatic amines is 2. The number of carbonyl (C=O) groups excluding carboxylic acids is 3. The molecule has 0 unspecified atom stereocenters. The van der Waals surface area contributed by atoms with Crippen LogP contribution in [0.4, 0.5) is 0 Å². The highest BCUT2D eigenvalue weighted by molar-refractivity contribution is 5.96. The lowest BCUT2D eigenvalue weighted by molar-refractivity contribution is -0.143. The van der Waals surface area contributed by atoms with Crippen molar-refractivity contribution in [2.24, 2.45) is 0 Å². The smallest absolute Gasteiger partial charge is 0.306 e. The summed E-state index contributed by atoms with van der Waals surface area (Å²) in [6.07, 6.45) is 2.05. The van der Waals surface area contributed by atoms with Crippen molar-refractivity contribution in [3.63, 3.8) is 0 Å². The van der Waals surface area contributed by atoms with E-state index in [9.17, 15) is 24.3 Å². The van der Waals surface area contributed by atoms with Crippen LogP contribution in [0.25, 0.3) is 44.4 Å². The Morgan fingerprint density at radius 1 is 0.537 bits per heavy atom. The van der Waals surface area contributed by atoms with E-state index in [0.717, 1.165) is 66.6 Å². The van der Waals surface area contributed by atoms with Gasteiger partial charge in [-0.25, -0.2) is 9.97 Å². The first-order valence-electron chi connectivity index (χ1n) is 18.7. The van der Waals surface area contributed by atoms with Crippen LogP contribution < -0.4 is 0 Å². The number of rotatable bonds is 15. The number of ether oxygens (including phenoxy) is 3. The number of fused-ring (bicyclic) bond motifs is 8. The first kappa shape index (κ1) is 39.7. The van der Waals surface area contributed by atoms with E-state index in [1.54, 1.807) is 20.8 Å². The van der Waals surface area contributed by atoms with E-state index in [0.29, 0.717) is 68.3 Å². The maximum atomic E-state index is 12.5. The molecule has 3 aromatic heterocycles. The number of nitrogens with one attached hydrogen (secondary N) is 2. The van der Waals surface area contributed by atoms with Gasteiger partial charge in [-0.15, -0.1) is 0 Å². The second-order valence-electron chi connectivity index (χ2n) is 13.5. The van der Waals surface area contributed by atoms with Crippen molar-refractivity contribution in [2.45, 2.75) is 99.8 Å². The van der Waals surface area contributed by atoms with Crippen molar-refractivity contribution in [2.75, 3.05) is 19.8 Å². The summed E-state index contributed by atoms with van der Waals surface area (Å²) in [7, 11) is 0. The van der Waals surface area contributed by atoms with Crippen LogP contribution in [0.5, 0.6) is 0 Å². The Hall–Kier alpha value is -5.52. The minimum absolute atomic E-state index is 0.0489. The van der Waals surface area contributed by atoms with Crippen LogP contribution >= 0.6 is 0 Å². The Kier molecular flexibility index (Phi) is 12.9. The summed E-state index contributed by atoms with van der Waals surface area (Å²) in [5.74, 6) is -1.77. The molecule has 0 saturated carbocycles. The number of aryl methyl sites for hydroxylation is 4. The highest BCUT2D eigenvalue weighted by atomic mass is 16.5. The predicted molar refractivity (Wildman–Crippen MR) is 208 cm³/mol. The van der Waals surface area contributed by atoms with Crippen molar-refractivity contribution in [3.05, 3.63) is 69.3 Å². The van der Waals surface area contributed by atoms with E-state index in [4.69, 9.17) is 24.2 Å².